The van der Waals surface area contributed by atoms with Crippen LogP contribution in [0.2, 0.25) is 0 Å². The molecule has 4 nitrogen and oxygen atoms in total. The summed E-state index contributed by atoms with van der Waals surface area (Å²) in [4.78, 5) is 3.80. The Balaban J connectivity index is 1.88. The van der Waals surface area contributed by atoms with Crippen molar-refractivity contribution in [3.05, 3.63) is 24.3 Å². The fourth-order valence-electron chi connectivity index (χ4n) is 2.10. The second-order valence-electron chi connectivity index (χ2n) is 4.83. The van der Waals surface area contributed by atoms with Crippen LogP contribution >= 0.6 is 12.2 Å². The van der Waals surface area contributed by atoms with E-state index < -0.39 is 0 Å². The maximum absolute atomic E-state index is 5.45. The van der Waals surface area contributed by atoms with Gasteiger partial charge < -0.3 is 19.9 Å². The van der Waals surface area contributed by atoms with Crippen molar-refractivity contribution in [2.24, 2.45) is 0 Å². The first-order chi connectivity index (χ1) is 9.19. The molecule has 1 aromatic rings. The standard InChI is InChI=1S/C14H21N3OS/c1-3-18-13-6-4-12(5-7-13)15-14(19)17-10-8-16(2)9-11-17/h4-7H,3,8-11H2,1-2H3,(H,15,19)/p+1. The van der Waals surface area contributed by atoms with Crippen LogP contribution in [0.25, 0.3) is 0 Å². The van der Waals surface area contributed by atoms with Crippen molar-refractivity contribution in [3.63, 3.8) is 0 Å². The summed E-state index contributed by atoms with van der Waals surface area (Å²) < 4.78 is 5.42. The van der Waals surface area contributed by atoms with E-state index in [1.54, 1.807) is 4.90 Å². The van der Waals surface area contributed by atoms with Gasteiger partial charge in [0.15, 0.2) is 5.11 Å². The second kappa shape index (κ2) is 6.73. The summed E-state index contributed by atoms with van der Waals surface area (Å²) in [5, 5.41) is 4.10. The first-order valence-corrected chi connectivity index (χ1v) is 7.20. The number of ether oxygens (including phenoxy) is 1. The Labute approximate surface area is 120 Å². The quantitative estimate of drug-likeness (QED) is 0.794. The molecule has 1 saturated heterocycles. The fraction of sp³-hybridized carbons (Fsp3) is 0.500. The molecule has 0 aliphatic carbocycles. The zero-order chi connectivity index (χ0) is 13.7. The summed E-state index contributed by atoms with van der Waals surface area (Å²) in [6.07, 6.45) is 0. The molecule has 1 aliphatic heterocycles. The van der Waals surface area contributed by atoms with E-state index in [0.29, 0.717) is 6.61 Å². The smallest absolute Gasteiger partial charge is 0.173 e. The summed E-state index contributed by atoms with van der Waals surface area (Å²) in [6.45, 7) is 7.01. The van der Waals surface area contributed by atoms with Crippen LogP contribution in [0.3, 0.4) is 0 Å². The number of nitrogens with one attached hydrogen (secondary N) is 2. The van der Waals surface area contributed by atoms with Gasteiger partial charge >= 0.3 is 0 Å². The average molecular weight is 280 g/mol. The van der Waals surface area contributed by atoms with E-state index in [1.807, 2.05) is 31.2 Å². The van der Waals surface area contributed by atoms with Gasteiger partial charge in [0.2, 0.25) is 0 Å². The van der Waals surface area contributed by atoms with E-state index in [4.69, 9.17) is 17.0 Å². The number of rotatable bonds is 3. The monoisotopic (exact) mass is 280 g/mol. The molecule has 0 unspecified atom stereocenters. The highest BCUT2D eigenvalue weighted by atomic mass is 32.1. The normalized spacial score (nSPS) is 16.2. The SMILES string of the molecule is CCOc1ccc(NC(=S)N2CC[NH+](C)CC2)cc1. The molecule has 104 valence electrons. The first kappa shape index (κ1) is 14.1. The number of hydrogen-bond donors (Lipinski definition) is 2. The number of piperazine rings is 1. The van der Waals surface area contributed by atoms with E-state index in [1.165, 1.54) is 0 Å². The van der Waals surface area contributed by atoms with E-state index in [-0.39, 0.29) is 0 Å². The maximum Gasteiger partial charge on any atom is 0.173 e. The van der Waals surface area contributed by atoms with Gasteiger partial charge in [0.1, 0.15) is 5.75 Å². The lowest BCUT2D eigenvalue weighted by molar-refractivity contribution is -0.883. The molecule has 0 bridgehead atoms. The molecule has 1 aromatic carbocycles. The van der Waals surface area contributed by atoms with Crippen LogP contribution in [0.1, 0.15) is 6.92 Å². The van der Waals surface area contributed by atoms with E-state index in [2.05, 4.69) is 17.3 Å². The number of thiocarbonyl (C=S) groups is 1. The number of likely N-dealkylation sites (N-methyl/N-ethyl adjacent to an activating group) is 1. The Morgan fingerprint density at radius 1 is 1.32 bits per heavy atom. The number of quaternary nitrogens is 1. The Hall–Kier alpha value is -1.33. The summed E-state index contributed by atoms with van der Waals surface area (Å²) in [7, 11) is 2.22. The third kappa shape index (κ3) is 4.08. The second-order valence-corrected chi connectivity index (χ2v) is 5.22. The van der Waals surface area contributed by atoms with Gasteiger partial charge in [0, 0.05) is 5.69 Å². The Kier molecular flexibility index (Phi) is 4.99. The lowest BCUT2D eigenvalue weighted by Crippen LogP contribution is -3.12. The van der Waals surface area contributed by atoms with E-state index in [0.717, 1.165) is 42.7 Å². The number of anilines is 1. The number of hydrogen-bond acceptors (Lipinski definition) is 2. The minimum Gasteiger partial charge on any atom is -0.494 e. The van der Waals surface area contributed by atoms with Crippen LogP contribution in [0.5, 0.6) is 5.75 Å². The van der Waals surface area contributed by atoms with E-state index in [9.17, 15) is 0 Å². The molecule has 1 aliphatic rings. The van der Waals surface area contributed by atoms with Gasteiger partial charge in [-0.1, -0.05) is 0 Å². The summed E-state index contributed by atoms with van der Waals surface area (Å²) >= 11 is 5.45. The molecule has 5 heteroatoms. The molecule has 0 spiro atoms. The highest BCUT2D eigenvalue weighted by molar-refractivity contribution is 7.80. The van der Waals surface area contributed by atoms with Crippen molar-refractivity contribution >= 4 is 23.0 Å². The molecule has 0 radical (unpaired) electrons. The lowest BCUT2D eigenvalue weighted by atomic mass is 10.3. The predicted octanol–water partition coefficient (Wildman–Crippen LogP) is 0.612. The van der Waals surface area contributed by atoms with Gasteiger partial charge in [-0.25, -0.2) is 0 Å². The van der Waals surface area contributed by atoms with E-state index >= 15 is 0 Å². The fourth-order valence-corrected chi connectivity index (χ4v) is 2.40. The zero-order valence-corrected chi connectivity index (χ0v) is 12.4. The Bertz CT molecular complexity index is 413. The summed E-state index contributed by atoms with van der Waals surface area (Å²) in [5.74, 6) is 0.891. The Morgan fingerprint density at radius 3 is 2.53 bits per heavy atom. The topological polar surface area (TPSA) is 28.9 Å². The highest BCUT2D eigenvalue weighted by Gasteiger charge is 2.18. The molecule has 19 heavy (non-hydrogen) atoms. The first-order valence-electron chi connectivity index (χ1n) is 6.79. The van der Waals surface area contributed by atoms with Crippen molar-refractivity contribution in [3.8, 4) is 5.75 Å². The van der Waals surface area contributed by atoms with Gasteiger partial charge in [-0.15, -0.1) is 0 Å². The number of nitrogens with zero attached hydrogens (tertiary/aromatic N) is 1. The Morgan fingerprint density at radius 2 is 1.95 bits per heavy atom. The summed E-state index contributed by atoms with van der Waals surface area (Å²) in [6, 6.07) is 7.92. The molecular formula is C14H22N3OS+. The van der Waals surface area contributed by atoms with Crippen molar-refractivity contribution in [1.82, 2.24) is 4.90 Å². The van der Waals surface area contributed by atoms with Crippen LogP contribution in [0.4, 0.5) is 5.69 Å². The molecule has 0 atom stereocenters. The molecule has 1 fully saturated rings. The van der Waals surface area contributed by atoms with Gasteiger partial charge in [0.25, 0.3) is 0 Å². The van der Waals surface area contributed by atoms with Crippen molar-refractivity contribution < 1.29 is 9.64 Å². The lowest BCUT2D eigenvalue weighted by Gasteiger charge is -2.32. The van der Waals surface area contributed by atoms with Crippen molar-refractivity contribution in [2.75, 3.05) is 45.2 Å². The van der Waals surface area contributed by atoms with Crippen LogP contribution in [-0.4, -0.2) is 49.8 Å². The molecule has 0 saturated carbocycles. The van der Waals surface area contributed by atoms with Crippen LogP contribution in [0, 0.1) is 0 Å². The number of benzene rings is 1. The van der Waals surface area contributed by atoms with Crippen LogP contribution < -0.4 is 15.0 Å². The molecule has 0 amide bonds. The van der Waals surface area contributed by atoms with Gasteiger partial charge in [0.05, 0.1) is 39.8 Å². The minimum absolute atomic E-state index is 0.689. The third-order valence-electron chi connectivity index (χ3n) is 3.32. The summed E-state index contributed by atoms with van der Waals surface area (Å²) in [5.41, 5.74) is 1.01. The third-order valence-corrected chi connectivity index (χ3v) is 3.68. The maximum atomic E-state index is 5.45. The average Bonchev–Trinajstić information content (AvgIpc) is 2.42. The molecule has 1 heterocycles. The van der Waals surface area contributed by atoms with Gasteiger partial charge in [-0.2, -0.15) is 0 Å². The highest BCUT2D eigenvalue weighted by Crippen LogP contribution is 2.16. The largest absolute Gasteiger partial charge is 0.494 e. The molecular weight excluding hydrogens is 258 g/mol. The molecule has 2 N–H and O–H groups in total. The van der Waals surface area contributed by atoms with Crippen LogP contribution in [0.15, 0.2) is 24.3 Å². The minimum atomic E-state index is 0.689. The van der Waals surface area contributed by atoms with Gasteiger partial charge in [-0.05, 0) is 43.4 Å². The predicted molar refractivity (Wildman–Crippen MR) is 82.0 cm³/mol. The van der Waals surface area contributed by atoms with Crippen molar-refractivity contribution in [1.29, 1.82) is 0 Å². The van der Waals surface area contributed by atoms with Gasteiger partial charge in [-0.3, -0.25) is 0 Å². The van der Waals surface area contributed by atoms with Crippen molar-refractivity contribution in [2.45, 2.75) is 6.92 Å². The molecule has 0 aromatic heterocycles. The molecule has 2 rings (SSSR count). The van der Waals surface area contributed by atoms with Crippen LogP contribution in [-0.2, 0) is 0 Å². The zero-order valence-electron chi connectivity index (χ0n) is 11.6.